The van der Waals surface area contributed by atoms with Crippen molar-refractivity contribution >= 4 is 22.9 Å². The average Bonchev–Trinajstić information content (AvgIpc) is 3.18. The van der Waals surface area contributed by atoms with E-state index in [1.165, 1.54) is 0 Å². The Morgan fingerprint density at radius 1 is 1.06 bits per heavy atom. The standard InChI is InChI=1S/C27H24N4O3/c1-3-34-27(33)21-7-4-6-20(14-21)17-29-26(32)22-8-5-9-23-25(22)30-24(31(23)2)15-18-10-12-19(16-28)13-11-18/h4-14H,3,15,17H2,1-2H3,(H,29,32). The Balaban J connectivity index is 1.53. The number of hydrogen-bond acceptors (Lipinski definition) is 5. The Hall–Kier alpha value is -4.44. The molecule has 0 atom stereocenters. The molecule has 34 heavy (non-hydrogen) atoms. The zero-order valence-electron chi connectivity index (χ0n) is 19.0. The fourth-order valence-corrected chi connectivity index (χ4v) is 3.78. The van der Waals surface area contributed by atoms with E-state index >= 15 is 0 Å². The number of aromatic nitrogens is 2. The SMILES string of the molecule is CCOC(=O)c1cccc(CNC(=O)c2cccc3c2nc(Cc2ccc(C#N)cc2)n3C)c1. The molecule has 4 aromatic rings. The zero-order chi connectivity index (χ0) is 24.1. The predicted molar refractivity (Wildman–Crippen MR) is 128 cm³/mol. The lowest BCUT2D eigenvalue weighted by molar-refractivity contribution is 0.0526. The first-order valence-corrected chi connectivity index (χ1v) is 11.0. The largest absolute Gasteiger partial charge is 0.462 e. The summed E-state index contributed by atoms with van der Waals surface area (Å²) in [5.41, 5.74) is 4.87. The number of benzene rings is 3. The molecule has 1 aromatic heterocycles. The molecule has 7 nitrogen and oxygen atoms in total. The van der Waals surface area contributed by atoms with Crippen molar-refractivity contribution in [3.8, 4) is 6.07 Å². The van der Waals surface area contributed by atoms with Crippen LogP contribution < -0.4 is 5.32 Å². The van der Waals surface area contributed by atoms with Gasteiger partial charge < -0.3 is 14.6 Å². The third kappa shape index (κ3) is 4.81. The van der Waals surface area contributed by atoms with E-state index in [1.54, 1.807) is 43.3 Å². The summed E-state index contributed by atoms with van der Waals surface area (Å²) in [6.07, 6.45) is 0.582. The van der Waals surface area contributed by atoms with Gasteiger partial charge >= 0.3 is 5.97 Å². The van der Waals surface area contributed by atoms with Crippen LogP contribution in [0.15, 0.2) is 66.7 Å². The Kier molecular flexibility index (Phi) is 6.69. The molecule has 0 aliphatic heterocycles. The number of aryl methyl sites for hydroxylation is 1. The lowest BCUT2D eigenvalue weighted by Crippen LogP contribution is -2.23. The second kappa shape index (κ2) is 10.0. The van der Waals surface area contributed by atoms with Crippen molar-refractivity contribution < 1.29 is 14.3 Å². The molecule has 1 amide bonds. The molecular weight excluding hydrogens is 428 g/mol. The summed E-state index contributed by atoms with van der Waals surface area (Å²) >= 11 is 0. The van der Waals surface area contributed by atoms with Gasteiger partial charge in [0.05, 0.1) is 34.9 Å². The number of hydrogen-bond donors (Lipinski definition) is 1. The van der Waals surface area contributed by atoms with E-state index in [2.05, 4.69) is 11.4 Å². The Bertz CT molecular complexity index is 1400. The van der Waals surface area contributed by atoms with E-state index in [4.69, 9.17) is 15.0 Å². The topological polar surface area (TPSA) is 97.0 Å². The number of rotatable bonds is 7. The molecule has 0 unspecified atom stereocenters. The van der Waals surface area contributed by atoms with Crippen LogP contribution in [0.4, 0.5) is 0 Å². The normalized spacial score (nSPS) is 10.6. The number of nitrogens with zero attached hydrogens (tertiary/aromatic N) is 3. The summed E-state index contributed by atoms with van der Waals surface area (Å²) in [6, 6.07) is 22.1. The van der Waals surface area contributed by atoms with Gasteiger partial charge in [0.15, 0.2) is 0 Å². The van der Waals surface area contributed by atoms with Gasteiger partial charge in [0.2, 0.25) is 0 Å². The predicted octanol–water partition coefficient (Wildman–Crippen LogP) is 4.14. The second-order valence-corrected chi connectivity index (χ2v) is 7.85. The van der Waals surface area contributed by atoms with Gasteiger partial charge in [-0.3, -0.25) is 4.79 Å². The van der Waals surface area contributed by atoms with Gasteiger partial charge in [-0.25, -0.2) is 9.78 Å². The second-order valence-electron chi connectivity index (χ2n) is 7.85. The molecule has 7 heteroatoms. The van der Waals surface area contributed by atoms with E-state index in [0.717, 1.165) is 22.5 Å². The maximum atomic E-state index is 13.0. The number of para-hydroxylation sites is 1. The van der Waals surface area contributed by atoms with E-state index in [0.29, 0.717) is 35.2 Å². The number of amides is 1. The summed E-state index contributed by atoms with van der Waals surface area (Å²) in [5.74, 6) is 0.195. The van der Waals surface area contributed by atoms with Gasteiger partial charge in [0.1, 0.15) is 11.3 Å². The number of nitriles is 1. The van der Waals surface area contributed by atoms with Gasteiger partial charge in [-0.15, -0.1) is 0 Å². The highest BCUT2D eigenvalue weighted by Crippen LogP contribution is 2.21. The number of carbonyl (C=O) groups is 2. The maximum absolute atomic E-state index is 13.0. The molecule has 0 aliphatic carbocycles. The Morgan fingerprint density at radius 3 is 2.56 bits per heavy atom. The molecule has 0 radical (unpaired) electrons. The van der Waals surface area contributed by atoms with Gasteiger partial charge in [-0.2, -0.15) is 5.26 Å². The minimum absolute atomic E-state index is 0.241. The fraction of sp³-hybridized carbons (Fsp3) is 0.185. The van der Waals surface area contributed by atoms with Crippen LogP contribution in [-0.4, -0.2) is 28.0 Å². The van der Waals surface area contributed by atoms with Gasteiger partial charge in [-0.05, 0) is 54.4 Å². The number of imidazole rings is 1. The summed E-state index contributed by atoms with van der Waals surface area (Å²) in [6.45, 7) is 2.34. The lowest BCUT2D eigenvalue weighted by atomic mass is 10.1. The summed E-state index contributed by atoms with van der Waals surface area (Å²) < 4.78 is 7.02. The van der Waals surface area contributed by atoms with Crippen molar-refractivity contribution in [2.75, 3.05) is 6.61 Å². The van der Waals surface area contributed by atoms with Crippen molar-refractivity contribution in [2.45, 2.75) is 19.9 Å². The minimum Gasteiger partial charge on any atom is -0.462 e. The quantitative estimate of drug-likeness (QED) is 0.425. The number of ether oxygens (including phenoxy) is 1. The molecule has 0 saturated heterocycles. The van der Waals surface area contributed by atoms with Crippen molar-refractivity contribution in [1.82, 2.24) is 14.9 Å². The highest BCUT2D eigenvalue weighted by Gasteiger charge is 2.16. The summed E-state index contributed by atoms with van der Waals surface area (Å²) in [7, 11) is 1.93. The Labute approximate surface area is 197 Å². The third-order valence-corrected chi connectivity index (χ3v) is 5.59. The van der Waals surface area contributed by atoms with Crippen molar-refractivity contribution in [2.24, 2.45) is 7.05 Å². The molecule has 1 heterocycles. The summed E-state index contributed by atoms with van der Waals surface area (Å²) in [4.78, 5) is 29.7. The smallest absolute Gasteiger partial charge is 0.338 e. The third-order valence-electron chi connectivity index (χ3n) is 5.59. The molecule has 0 bridgehead atoms. The van der Waals surface area contributed by atoms with E-state index in [9.17, 15) is 9.59 Å². The molecule has 0 fully saturated rings. The zero-order valence-corrected chi connectivity index (χ0v) is 19.0. The molecule has 0 saturated carbocycles. The molecule has 0 spiro atoms. The molecule has 4 rings (SSSR count). The van der Waals surface area contributed by atoms with Crippen LogP contribution in [0.25, 0.3) is 11.0 Å². The summed E-state index contributed by atoms with van der Waals surface area (Å²) in [5, 5.41) is 11.9. The number of carbonyl (C=O) groups excluding carboxylic acids is 2. The van der Waals surface area contributed by atoms with Crippen LogP contribution >= 0.6 is 0 Å². The first kappa shape index (κ1) is 22.7. The molecule has 0 aliphatic rings. The molecule has 3 aromatic carbocycles. The van der Waals surface area contributed by atoms with E-state index in [-0.39, 0.29) is 18.4 Å². The maximum Gasteiger partial charge on any atom is 0.338 e. The van der Waals surface area contributed by atoms with Gasteiger partial charge in [0.25, 0.3) is 5.91 Å². The monoisotopic (exact) mass is 452 g/mol. The van der Waals surface area contributed by atoms with E-state index < -0.39 is 0 Å². The number of esters is 1. The van der Waals surface area contributed by atoms with Crippen LogP contribution in [-0.2, 0) is 24.8 Å². The first-order chi connectivity index (χ1) is 16.5. The van der Waals surface area contributed by atoms with Crippen molar-refractivity contribution in [3.63, 3.8) is 0 Å². The average molecular weight is 453 g/mol. The van der Waals surface area contributed by atoms with Gasteiger partial charge in [-0.1, -0.05) is 30.3 Å². The highest BCUT2D eigenvalue weighted by molar-refractivity contribution is 6.05. The first-order valence-electron chi connectivity index (χ1n) is 11.0. The van der Waals surface area contributed by atoms with E-state index in [1.807, 2.05) is 41.9 Å². The van der Waals surface area contributed by atoms with Crippen molar-refractivity contribution in [3.05, 3.63) is 100 Å². The fourth-order valence-electron chi connectivity index (χ4n) is 3.78. The Morgan fingerprint density at radius 2 is 1.82 bits per heavy atom. The number of fused-ring (bicyclic) bond motifs is 1. The van der Waals surface area contributed by atoms with Crippen LogP contribution in [0.3, 0.4) is 0 Å². The lowest BCUT2D eigenvalue weighted by Gasteiger charge is -2.08. The molecule has 170 valence electrons. The van der Waals surface area contributed by atoms with Gasteiger partial charge in [0, 0.05) is 20.0 Å². The molecule has 1 N–H and O–H groups in total. The van der Waals surface area contributed by atoms with Crippen LogP contribution in [0.2, 0.25) is 0 Å². The van der Waals surface area contributed by atoms with Crippen LogP contribution in [0.1, 0.15) is 50.2 Å². The highest BCUT2D eigenvalue weighted by atomic mass is 16.5. The van der Waals surface area contributed by atoms with Crippen LogP contribution in [0, 0.1) is 11.3 Å². The number of nitrogens with one attached hydrogen (secondary N) is 1. The molecular formula is C27H24N4O3. The van der Waals surface area contributed by atoms with Crippen LogP contribution in [0.5, 0.6) is 0 Å². The van der Waals surface area contributed by atoms with Crippen molar-refractivity contribution in [1.29, 1.82) is 5.26 Å². The minimum atomic E-state index is -0.385.